The van der Waals surface area contributed by atoms with Crippen LogP contribution in [0.5, 0.6) is 0 Å². The van der Waals surface area contributed by atoms with Crippen molar-refractivity contribution >= 4 is 23.3 Å². The average Bonchev–Trinajstić information content (AvgIpc) is 3.49. The first-order valence-electron chi connectivity index (χ1n) is 10.8. The number of halogens is 1. The molecule has 0 spiro atoms. The number of nitrogens with zero attached hydrogens (tertiary/aromatic N) is 1. The number of amides is 2. The van der Waals surface area contributed by atoms with E-state index in [1.54, 1.807) is 38.5 Å². The lowest BCUT2D eigenvalue weighted by Gasteiger charge is -2.42. The minimum Gasteiger partial charge on any atom is -0.393 e. The summed E-state index contributed by atoms with van der Waals surface area (Å²) >= 11 is 0. The molecule has 1 aromatic carbocycles. The molecule has 0 atom stereocenters. The largest absolute Gasteiger partial charge is 0.393 e. The molecule has 2 aliphatic rings. The zero-order valence-corrected chi connectivity index (χ0v) is 18.7. The quantitative estimate of drug-likeness (QED) is 0.474. The number of anilines is 1. The summed E-state index contributed by atoms with van der Waals surface area (Å²) in [4.78, 5) is 39.1. The smallest absolute Gasteiger partial charge is 0.294 e. The number of hydrogen-bond donors (Lipinski definition) is 3. The van der Waals surface area contributed by atoms with Crippen LogP contribution in [-0.2, 0) is 11.8 Å². The number of hydrogen-bond acceptors (Lipinski definition) is 4. The van der Waals surface area contributed by atoms with Crippen molar-refractivity contribution in [3.05, 3.63) is 52.1 Å². The Hall–Kier alpha value is -3.00. The minimum absolute atomic E-state index is 0.0402. The summed E-state index contributed by atoms with van der Waals surface area (Å²) in [7, 11) is 1.68. The molecule has 3 N–H and O–H groups in total. The highest BCUT2D eigenvalue weighted by Crippen LogP contribution is 2.45. The molecule has 2 aliphatic carbocycles. The molecule has 0 saturated heterocycles. The van der Waals surface area contributed by atoms with E-state index in [1.807, 2.05) is 0 Å². The molecule has 0 aliphatic heterocycles. The maximum Gasteiger partial charge on any atom is 0.294 e. The first-order chi connectivity index (χ1) is 15.0. The second-order valence-corrected chi connectivity index (χ2v) is 9.38. The molecule has 0 unspecified atom stereocenters. The maximum atomic E-state index is 13.6. The molecule has 2 amide bonds. The first kappa shape index (κ1) is 22.2. The van der Waals surface area contributed by atoms with Gasteiger partial charge in [0.05, 0.1) is 17.4 Å². The van der Waals surface area contributed by atoms with E-state index in [0.717, 1.165) is 12.8 Å². The fraction of sp³-hybridized carbons (Fsp3) is 0.458. The number of nitrogens with one attached hydrogen (secondary N) is 2. The summed E-state index contributed by atoms with van der Waals surface area (Å²) < 4.78 is 15.2. The normalized spacial score (nSPS) is 22.2. The monoisotopic (exact) mass is 441 g/mol. The van der Waals surface area contributed by atoms with Crippen molar-refractivity contribution < 1.29 is 23.9 Å². The zero-order valence-electron chi connectivity index (χ0n) is 18.7. The molecule has 32 heavy (non-hydrogen) atoms. The van der Waals surface area contributed by atoms with Gasteiger partial charge in [0.2, 0.25) is 0 Å². The average molecular weight is 442 g/mol. The summed E-state index contributed by atoms with van der Waals surface area (Å²) in [6, 6.07) is 4.33. The molecular weight excluding hydrogens is 413 g/mol. The molecule has 0 bridgehead atoms. The maximum absolute atomic E-state index is 13.6. The third kappa shape index (κ3) is 3.95. The van der Waals surface area contributed by atoms with Gasteiger partial charge in [0.1, 0.15) is 5.82 Å². The van der Waals surface area contributed by atoms with Crippen LogP contribution in [0.2, 0.25) is 0 Å². The molecule has 8 heteroatoms. The van der Waals surface area contributed by atoms with Gasteiger partial charge in [0, 0.05) is 24.0 Å². The molecule has 1 aromatic heterocycles. The van der Waals surface area contributed by atoms with Crippen LogP contribution in [0.1, 0.15) is 76.2 Å². The summed E-state index contributed by atoms with van der Waals surface area (Å²) in [6.07, 6.45) is 2.01. The number of benzene rings is 1. The number of aliphatic hydroxyl groups excluding tert-OH is 1. The number of rotatable bonds is 6. The fourth-order valence-electron chi connectivity index (χ4n) is 4.60. The zero-order chi connectivity index (χ0) is 23.4. The van der Waals surface area contributed by atoms with Crippen molar-refractivity contribution in [3.63, 3.8) is 0 Å². The Morgan fingerprint density at radius 1 is 1.19 bits per heavy atom. The van der Waals surface area contributed by atoms with E-state index >= 15 is 0 Å². The van der Waals surface area contributed by atoms with Crippen LogP contribution in [0.15, 0.2) is 18.2 Å². The van der Waals surface area contributed by atoms with Crippen LogP contribution >= 0.6 is 0 Å². The van der Waals surface area contributed by atoms with E-state index in [1.165, 1.54) is 12.1 Å². The second kappa shape index (κ2) is 7.85. The Labute approximate surface area is 186 Å². The Kier molecular flexibility index (Phi) is 5.45. The molecule has 7 nitrogen and oxygen atoms in total. The first-order valence-corrected chi connectivity index (χ1v) is 10.8. The van der Waals surface area contributed by atoms with Gasteiger partial charge in [-0.3, -0.25) is 14.4 Å². The topological polar surface area (TPSA) is 100 Å². The predicted molar refractivity (Wildman–Crippen MR) is 117 cm³/mol. The Balaban J connectivity index is 1.65. The van der Waals surface area contributed by atoms with Crippen molar-refractivity contribution in [2.45, 2.75) is 64.0 Å². The predicted octanol–water partition coefficient (Wildman–Crippen LogP) is 3.12. The lowest BCUT2D eigenvalue weighted by Crippen LogP contribution is -2.58. The number of aromatic nitrogens is 1. The van der Waals surface area contributed by atoms with E-state index in [2.05, 4.69) is 10.6 Å². The number of carbonyl (C=O) groups excluding carboxylic acids is 3. The van der Waals surface area contributed by atoms with Gasteiger partial charge in [0.25, 0.3) is 17.6 Å². The van der Waals surface area contributed by atoms with E-state index in [-0.39, 0.29) is 23.3 Å². The Morgan fingerprint density at radius 3 is 2.41 bits per heavy atom. The highest BCUT2D eigenvalue weighted by molar-refractivity contribution is 6.43. The van der Waals surface area contributed by atoms with Gasteiger partial charge in [-0.25, -0.2) is 4.39 Å². The van der Waals surface area contributed by atoms with Gasteiger partial charge in [-0.05, 0) is 81.7 Å². The molecule has 2 aromatic rings. The van der Waals surface area contributed by atoms with Gasteiger partial charge in [-0.1, -0.05) is 0 Å². The van der Waals surface area contributed by atoms with Crippen LogP contribution in [0.3, 0.4) is 0 Å². The summed E-state index contributed by atoms with van der Waals surface area (Å²) in [5.41, 5.74) is 2.07. The number of aryl methyl sites for hydroxylation is 1. The van der Waals surface area contributed by atoms with Gasteiger partial charge < -0.3 is 20.3 Å². The number of ketones is 1. The van der Waals surface area contributed by atoms with Crippen LogP contribution in [-0.4, -0.2) is 38.9 Å². The van der Waals surface area contributed by atoms with Crippen LogP contribution < -0.4 is 10.6 Å². The molecule has 2 fully saturated rings. The second-order valence-electron chi connectivity index (χ2n) is 9.38. The lowest BCUT2D eigenvalue weighted by molar-refractivity contribution is -0.121. The van der Waals surface area contributed by atoms with Crippen molar-refractivity contribution in [1.82, 2.24) is 9.88 Å². The third-order valence-corrected chi connectivity index (χ3v) is 6.56. The SMILES string of the molecule is Cc1cc(NC(=O)c2c(C3CC3)c(C(=O)C(=O)NC3(C)CC(O)C3)n(C)c2C)ccc1F. The van der Waals surface area contributed by atoms with Gasteiger partial charge in [-0.15, -0.1) is 0 Å². The van der Waals surface area contributed by atoms with Crippen molar-refractivity contribution in [2.24, 2.45) is 7.05 Å². The number of carbonyl (C=O) groups is 3. The number of aliphatic hydroxyl groups is 1. The molecular formula is C24H28FN3O4. The molecule has 4 rings (SSSR count). The van der Waals surface area contributed by atoms with Gasteiger partial charge in [-0.2, -0.15) is 0 Å². The van der Waals surface area contributed by atoms with Crippen molar-refractivity contribution in [3.8, 4) is 0 Å². The summed E-state index contributed by atoms with van der Waals surface area (Å²) in [6.45, 7) is 5.16. The van der Waals surface area contributed by atoms with Crippen LogP contribution in [0.4, 0.5) is 10.1 Å². The fourth-order valence-corrected chi connectivity index (χ4v) is 4.60. The highest BCUT2D eigenvalue weighted by Gasteiger charge is 2.43. The van der Waals surface area contributed by atoms with Crippen molar-refractivity contribution in [1.29, 1.82) is 0 Å². The Morgan fingerprint density at radius 2 is 1.84 bits per heavy atom. The minimum atomic E-state index is -0.733. The van der Waals surface area contributed by atoms with Crippen molar-refractivity contribution in [2.75, 3.05) is 5.32 Å². The molecule has 0 radical (unpaired) electrons. The lowest BCUT2D eigenvalue weighted by atomic mass is 9.76. The van der Waals surface area contributed by atoms with E-state index in [4.69, 9.17) is 0 Å². The Bertz CT molecular complexity index is 1130. The van der Waals surface area contributed by atoms with Crippen LogP contribution in [0.25, 0.3) is 0 Å². The molecule has 170 valence electrons. The molecule has 1 heterocycles. The third-order valence-electron chi connectivity index (χ3n) is 6.56. The number of Topliss-reactive ketones (excluding diaryl/α,β-unsaturated/α-hetero) is 1. The van der Waals surface area contributed by atoms with Gasteiger partial charge >= 0.3 is 0 Å². The van der Waals surface area contributed by atoms with E-state index in [0.29, 0.717) is 40.9 Å². The van der Waals surface area contributed by atoms with Crippen LogP contribution in [0, 0.1) is 19.7 Å². The van der Waals surface area contributed by atoms with E-state index in [9.17, 15) is 23.9 Å². The molecule has 2 saturated carbocycles. The summed E-state index contributed by atoms with van der Waals surface area (Å²) in [5.74, 6) is -2.12. The van der Waals surface area contributed by atoms with Gasteiger partial charge in [0.15, 0.2) is 0 Å². The van der Waals surface area contributed by atoms with E-state index < -0.39 is 23.3 Å². The standard InChI is InChI=1S/C24H28FN3O4/c1-12-9-15(7-8-17(12)25)26-22(31)18-13(2)28(4)20(19(18)14-5-6-14)21(30)23(32)27-24(3)10-16(29)11-24/h7-9,14,16,29H,5-6,10-11H2,1-4H3,(H,26,31)(H,27,32). The summed E-state index contributed by atoms with van der Waals surface area (Å²) in [5, 5.41) is 15.1. The highest BCUT2D eigenvalue weighted by atomic mass is 19.1.